The van der Waals surface area contributed by atoms with E-state index >= 15 is 0 Å². The van der Waals surface area contributed by atoms with Crippen molar-refractivity contribution in [1.82, 2.24) is 0 Å². The Morgan fingerprint density at radius 3 is 2.25 bits per heavy atom. The Balaban J connectivity index is 2.56. The highest BCUT2D eigenvalue weighted by molar-refractivity contribution is 9.10. The van der Waals surface area contributed by atoms with E-state index in [1.165, 1.54) is 20.1 Å². The molecule has 2 nitrogen and oxygen atoms in total. The standard InChI is InChI=1S/C15H13BrF2O2/c1-15(19,9-3-5-10(20-2)6-4-9)13-12(17)8-7-11(16)14(13)18/h3-8,19H,1-2H3. The van der Waals surface area contributed by atoms with Gasteiger partial charge in [-0.15, -0.1) is 0 Å². The Morgan fingerprint density at radius 1 is 1.10 bits per heavy atom. The summed E-state index contributed by atoms with van der Waals surface area (Å²) in [4.78, 5) is 0. The third kappa shape index (κ3) is 2.55. The van der Waals surface area contributed by atoms with E-state index in [4.69, 9.17) is 4.74 Å². The highest BCUT2D eigenvalue weighted by Crippen LogP contribution is 2.35. The quantitative estimate of drug-likeness (QED) is 0.854. The first-order valence-electron chi connectivity index (χ1n) is 5.88. The van der Waals surface area contributed by atoms with E-state index < -0.39 is 22.8 Å². The minimum Gasteiger partial charge on any atom is -0.497 e. The molecule has 0 aromatic heterocycles. The fraction of sp³-hybridized carbons (Fsp3) is 0.200. The molecule has 1 atom stereocenters. The summed E-state index contributed by atoms with van der Waals surface area (Å²) >= 11 is 3.00. The maximum Gasteiger partial charge on any atom is 0.146 e. The van der Waals surface area contributed by atoms with Gasteiger partial charge in [0.05, 0.1) is 17.1 Å². The van der Waals surface area contributed by atoms with Gasteiger partial charge in [-0.1, -0.05) is 12.1 Å². The molecule has 0 fully saturated rings. The molecule has 0 spiro atoms. The van der Waals surface area contributed by atoms with Crippen molar-refractivity contribution >= 4 is 15.9 Å². The van der Waals surface area contributed by atoms with Gasteiger partial charge < -0.3 is 9.84 Å². The van der Waals surface area contributed by atoms with E-state index in [1.54, 1.807) is 24.3 Å². The van der Waals surface area contributed by atoms with Gasteiger partial charge in [-0.2, -0.15) is 0 Å². The van der Waals surface area contributed by atoms with E-state index in [1.807, 2.05) is 0 Å². The van der Waals surface area contributed by atoms with Crippen LogP contribution in [0.3, 0.4) is 0 Å². The monoisotopic (exact) mass is 342 g/mol. The molecule has 0 saturated carbocycles. The molecule has 106 valence electrons. The summed E-state index contributed by atoms with van der Waals surface area (Å²) in [6, 6.07) is 8.76. The molecule has 0 bridgehead atoms. The maximum absolute atomic E-state index is 14.1. The molecule has 0 amide bonds. The van der Waals surface area contributed by atoms with Crippen LogP contribution >= 0.6 is 15.9 Å². The van der Waals surface area contributed by atoms with E-state index in [9.17, 15) is 13.9 Å². The highest BCUT2D eigenvalue weighted by atomic mass is 79.9. The molecule has 20 heavy (non-hydrogen) atoms. The van der Waals surface area contributed by atoms with Gasteiger partial charge in [-0.25, -0.2) is 8.78 Å². The van der Waals surface area contributed by atoms with Crippen LogP contribution in [0.15, 0.2) is 40.9 Å². The van der Waals surface area contributed by atoms with Crippen LogP contribution in [0, 0.1) is 11.6 Å². The zero-order valence-electron chi connectivity index (χ0n) is 11.0. The largest absolute Gasteiger partial charge is 0.497 e. The van der Waals surface area contributed by atoms with Crippen molar-refractivity contribution < 1.29 is 18.6 Å². The topological polar surface area (TPSA) is 29.5 Å². The second-order valence-corrected chi connectivity index (χ2v) is 5.37. The number of hydrogen-bond acceptors (Lipinski definition) is 2. The van der Waals surface area contributed by atoms with Crippen molar-refractivity contribution in [2.45, 2.75) is 12.5 Å². The smallest absolute Gasteiger partial charge is 0.146 e. The Kier molecular flexibility index (Phi) is 4.11. The highest BCUT2D eigenvalue weighted by Gasteiger charge is 2.33. The molecule has 0 saturated heterocycles. The molecule has 2 rings (SSSR count). The van der Waals surface area contributed by atoms with Gasteiger partial charge in [0.15, 0.2) is 0 Å². The molecule has 0 aliphatic carbocycles. The van der Waals surface area contributed by atoms with Gasteiger partial charge in [0.2, 0.25) is 0 Å². The third-order valence-electron chi connectivity index (χ3n) is 3.18. The lowest BCUT2D eigenvalue weighted by Gasteiger charge is -2.26. The molecule has 0 aliphatic heterocycles. The van der Waals surface area contributed by atoms with Crippen molar-refractivity contribution in [3.63, 3.8) is 0 Å². The maximum atomic E-state index is 14.1. The minimum absolute atomic E-state index is 0.0997. The summed E-state index contributed by atoms with van der Waals surface area (Å²) in [5.41, 5.74) is -1.81. The Labute approximate surface area is 124 Å². The van der Waals surface area contributed by atoms with Crippen LogP contribution in [0.4, 0.5) is 8.78 Å². The zero-order valence-corrected chi connectivity index (χ0v) is 12.5. The van der Waals surface area contributed by atoms with E-state index in [0.717, 1.165) is 6.07 Å². The average molecular weight is 343 g/mol. The molecule has 1 N–H and O–H groups in total. The number of rotatable bonds is 3. The summed E-state index contributed by atoms with van der Waals surface area (Å²) in [6.07, 6.45) is 0. The minimum atomic E-state index is -1.79. The number of halogens is 3. The lowest BCUT2D eigenvalue weighted by molar-refractivity contribution is 0.0931. The lowest BCUT2D eigenvalue weighted by Crippen LogP contribution is -2.26. The summed E-state index contributed by atoms with van der Waals surface area (Å²) in [7, 11) is 1.51. The number of benzene rings is 2. The van der Waals surface area contributed by atoms with Crippen molar-refractivity contribution in [2.24, 2.45) is 0 Å². The molecule has 2 aromatic carbocycles. The lowest BCUT2D eigenvalue weighted by atomic mass is 9.87. The molecule has 0 heterocycles. The number of methoxy groups -OCH3 is 1. The second-order valence-electron chi connectivity index (χ2n) is 4.52. The van der Waals surface area contributed by atoms with Gasteiger partial charge in [0.1, 0.15) is 23.0 Å². The van der Waals surface area contributed by atoms with Crippen LogP contribution in [0.5, 0.6) is 5.75 Å². The fourth-order valence-electron chi connectivity index (χ4n) is 2.03. The van der Waals surface area contributed by atoms with Crippen LogP contribution < -0.4 is 4.74 Å². The van der Waals surface area contributed by atoms with Gasteiger partial charge in [0.25, 0.3) is 0 Å². The van der Waals surface area contributed by atoms with Gasteiger partial charge in [-0.05, 0) is 52.7 Å². The van der Waals surface area contributed by atoms with Crippen molar-refractivity contribution in [1.29, 1.82) is 0 Å². The van der Waals surface area contributed by atoms with Crippen LogP contribution in [-0.2, 0) is 5.60 Å². The van der Waals surface area contributed by atoms with Gasteiger partial charge in [0, 0.05) is 0 Å². The predicted octanol–water partition coefficient (Wildman–Crippen LogP) is 3.99. The molecule has 0 aliphatic rings. The second kappa shape index (κ2) is 5.50. The first kappa shape index (κ1) is 14.9. The first-order chi connectivity index (χ1) is 9.37. The normalized spacial score (nSPS) is 13.9. The molecule has 0 radical (unpaired) electrons. The van der Waals surface area contributed by atoms with Gasteiger partial charge in [-0.3, -0.25) is 0 Å². The molecular formula is C15H13BrF2O2. The Bertz CT molecular complexity index is 625. The Hall–Kier alpha value is -1.46. The summed E-state index contributed by atoms with van der Waals surface area (Å²) in [5.74, 6) is -1.02. The molecular weight excluding hydrogens is 330 g/mol. The fourth-order valence-corrected chi connectivity index (χ4v) is 2.36. The summed E-state index contributed by atoms with van der Waals surface area (Å²) in [5, 5.41) is 10.6. The van der Waals surface area contributed by atoms with Crippen molar-refractivity contribution in [3.8, 4) is 5.75 Å². The molecule has 5 heteroatoms. The third-order valence-corrected chi connectivity index (χ3v) is 3.80. The van der Waals surface area contributed by atoms with Crippen LogP contribution in [0.25, 0.3) is 0 Å². The molecule has 2 aromatic rings. The van der Waals surface area contributed by atoms with Crippen LogP contribution in [0.2, 0.25) is 0 Å². The molecule has 1 unspecified atom stereocenters. The number of aliphatic hydroxyl groups is 1. The first-order valence-corrected chi connectivity index (χ1v) is 6.68. The van der Waals surface area contributed by atoms with E-state index in [2.05, 4.69) is 15.9 Å². The van der Waals surface area contributed by atoms with Crippen LogP contribution in [0.1, 0.15) is 18.1 Å². The van der Waals surface area contributed by atoms with E-state index in [-0.39, 0.29) is 4.47 Å². The number of hydrogen-bond donors (Lipinski definition) is 1. The summed E-state index contributed by atoms with van der Waals surface area (Å²) in [6.45, 7) is 1.35. The van der Waals surface area contributed by atoms with Crippen molar-refractivity contribution in [2.75, 3.05) is 7.11 Å². The SMILES string of the molecule is COc1ccc(C(C)(O)c2c(F)ccc(Br)c2F)cc1. The average Bonchev–Trinajstić information content (AvgIpc) is 2.43. The van der Waals surface area contributed by atoms with Crippen molar-refractivity contribution in [3.05, 3.63) is 63.6 Å². The number of ether oxygens (including phenoxy) is 1. The summed E-state index contributed by atoms with van der Waals surface area (Å²) < 4.78 is 33.1. The van der Waals surface area contributed by atoms with Gasteiger partial charge >= 0.3 is 0 Å². The van der Waals surface area contributed by atoms with Crippen LogP contribution in [-0.4, -0.2) is 12.2 Å². The Morgan fingerprint density at radius 2 is 1.70 bits per heavy atom. The van der Waals surface area contributed by atoms with E-state index in [0.29, 0.717) is 11.3 Å². The zero-order chi connectivity index (χ0) is 14.9. The predicted molar refractivity (Wildman–Crippen MR) is 75.7 cm³/mol.